The number of benzene rings is 1. The maximum atomic E-state index is 11.9. The molecule has 0 aromatic heterocycles. The van der Waals surface area contributed by atoms with Gasteiger partial charge in [-0.3, -0.25) is 9.59 Å². The van der Waals surface area contributed by atoms with Gasteiger partial charge >= 0.3 is 5.97 Å². The summed E-state index contributed by atoms with van der Waals surface area (Å²) < 4.78 is 0. The fraction of sp³-hybridized carbons (Fsp3) is 0.357. The van der Waals surface area contributed by atoms with E-state index in [1.165, 1.54) is 11.0 Å². The van der Waals surface area contributed by atoms with E-state index in [2.05, 4.69) is 5.32 Å². The van der Waals surface area contributed by atoms with Crippen LogP contribution in [0, 0.1) is 0 Å². The van der Waals surface area contributed by atoms with E-state index in [4.69, 9.17) is 5.11 Å². The Kier molecular flexibility index (Phi) is 4.02. The Balaban J connectivity index is 2.29. The van der Waals surface area contributed by atoms with Crippen LogP contribution in [0.4, 0.5) is 5.69 Å². The highest BCUT2D eigenvalue weighted by atomic mass is 16.4. The number of carbonyl (C=O) groups is 3. The van der Waals surface area contributed by atoms with Gasteiger partial charge in [0, 0.05) is 18.7 Å². The number of nitrogens with zero attached hydrogens (tertiary/aromatic N) is 1. The molecule has 0 bridgehead atoms. The molecule has 2 rings (SSSR count). The molecule has 6 heteroatoms. The second-order valence-electron chi connectivity index (χ2n) is 4.58. The summed E-state index contributed by atoms with van der Waals surface area (Å²) in [4.78, 5) is 36.0. The molecule has 2 N–H and O–H groups in total. The van der Waals surface area contributed by atoms with Crippen molar-refractivity contribution in [3.8, 4) is 0 Å². The van der Waals surface area contributed by atoms with Gasteiger partial charge in [0.1, 0.15) is 6.54 Å². The molecule has 0 unspecified atom stereocenters. The van der Waals surface area contributed by atoms with Crippen LogP contribution in [0.2, 0.25) is 0 Å². The van der Waals surface area contributed by atoms with Gasteiger partial charge in [-0.1, -0.05) is 0 Å². The van der Waals surface area contributed by atoms with E-state index in [1.54, 1.807) is 12.1 Å². The molecule has 1 aliphatic rings. The number of amides is 2. The van der Waals surface area contributed by atoms with Crippen LogP contribution in [0.15, 0.2) is 18.2 Å². The molecule has 0 saturated heterocycles. The second-order valence-corrected chi connectivity index (χ2v) is 4.58. The van der Waals surface area contributed by atoms with Crippen LogP contribution in [0.1, 0.15) is 29.3 Å². The van der Waals surface area contributed by atoms with Gasteiger partial charge in [-0.05, 0) is 37.1 Å². The quantitative estimate of drug-likeness (QED) is 0.851. The smallest absolute Gasteiger partial charge is 0.335 e. The molecule has 0 aliphatic carbocycles. The normalized spacial score (nSPS) is 13.8. The third kappa shape index (κ3) is 2.79. The average molecular weight is 276 g/mol. The van der Waals surface area contributed by atoms with Crippen LogP contribution in [-0.2, 0) is 16.0 Å². The molecule has 2 amide bonds. The average Bonchev–Trinajstić information content (AvgIpc) is 2.41. The zero-order valence-corrected chi connectivity index (χ0v) is 11.2. The SMILES string of the molecule is CCNC(=O)CN1C(=O)CCc2cc(C(=O)O)ccc21. The molecule has 1 heterocycles. The van der Waals surface area contributed by atoms with Gasteiger partial charge in [0.05, 0.1) is 5.56 Å². The van der Waals surface area contributed by atoms with Gasteiger partial charge in [0.25, 0.3) is 0 Å². The number of fused-ring (bicyclic) bond motifs is 1. The van der Waals surface area contributed by atoms with E-state index in [0.29, 0.717) is 18.7 Å². The fourth-order valence-electron chi connectivity index (χ4n) is 2.26. The van der Waals surface area contributed by atoms with Crippen molar-refractivity contribution in [1.82, 2.24) is 5.32 Å². The minimum absolute atomic E-state index is 0.0356. The Morgan fingerprint density at radius 1 is 1.35 bits per heavy atom. The molecule has 1 aromatic rings. The summed E-state index contributed by atoms with van der Waals surface area (Å²) in [5.41, 5.74) is 1.60. The Labute approximate surface area is 116 Å². The number of carboxylic acid groups (broad SMARTS) is 1. The number of rotatable bonds is 4. The zero-order chi connectivity index (χ0) is 14.7. The highest BCUT2D eigenvalue weighted by molar-refractivity contribution is 6.01. The van der Waals surface area contributed by atoms with Crippen LogP contribution < -0.4 is 10.2 Å². The van der Waals surface area contributed by atoms with Crippen molar-refractivity contribution in [3.05, 3.63) is 29.3 Å². The third-order valence-corrected chi connectivity index (χ3v) is 3.20. The third-order valence-electron chi connectivity index (χ3n) is 3.20. The predicted octanol–water partition coefficient (Wildman–Crippen LogP) is 0.800. The minimum Gasteiger partial charge on any atom is -0.478 e. The monoisotopic (exact) mass is 276 g/mol. The summed E-state index contributed by atoms with van der Waals surface area (Å²) in [6.07, 6.45) is 0.788. The van der Waals surface area contributed by atoms with Crippen LogP contribution in [0.5, 0.6) is 0 Å². The highest BCUT2D eigenvalue weighted by Gasteiger charge is 2.26. The Hall–Kier alpha value is -2.37. The highest BCUT2D eigenvalue weighted by Crippen LogP contribution is 2.28. The topological polar surface area (TPSA) is 86.7 Å². The molecule has 0 radical (unpaired) electrons. The number of carboxylic acids is 1. The Morgan fingerprint density at radius 2 is 2.10 bits per heavy atom. The summed E-state index contributed by atoms with van der Waals surface area (Å²) in [5, 5.41) is 11.6. The maximum Gasteiger partial charge on any atom is 0.335 e. The Morgan fingerprint density at radius 3 is 2.75 bits per heavy atom. The molecule has 0 fully saturated rings. The first-order valence-corrected chi connectivity index (χ1v) is 6.46. The van der Waals surface area contributed by atoms with Crippen molar-refractivity contribution < 1.29 is 19.5 Å². The fourth-order valence-corrected chi connectivity index (χ4v) is 2.26. The molecule has 0 saturated carbocycles. The first-order valence-electron chi connectivity index (χ1n) is 6.46. The summed E-state index contributed by atoms with van der Waals surface area (Å²) >= 11 is 0. The van der Waals surface area contributed by atoms with E-state index >= 15 is 0 Å². The van der Waals surface area contributed by atoms with E-state index in [9.17, 15) is 14.4 Å². The summed E-state index contributed by atoms with van der Waals surface area (Å²) in [6, 6.07) is 4.61. The van der Waals surface area contributed by atoms with Gasteiger partial charge in [-0.2, -0.15) is 0 Å². The summed E-state index contributed by atoms with van der Waals surface area (Å²) in [7, 11) is 0. The molecule has 0 spiro atoms. The number of nitrogens with one attached hydrogen (secondary N) is 1. The van der Waals surface area contributed by atoms with E-state index < -0.39 is 5.97 Å². The van der Waals surface area contributed by atoms with Gasteiger partial charge in [-0.15, -0.1) is 0 Å². The molecule has 20 heavy (non-hydrogen) atoms. The summed E-state index contributed by atoms with van der Waals surface area (Å²) in [6.45, 7) is 2.28. The number of likely N-dealkylation sites (N-methyl/N-ethyl adjacent to an activating group) is 1. The standard InChI is InChI=1S/C14H16N2O4/c1-2-15-12(17)8-16-11-5-3-10(14(19)20)7-9(11)4-6-13(16)18/h3,5,7H,2,4,6,8H2,1H3,(H,15,17)(H,19,20). The largest absolute Gasteiger partial charge is 0.478 e. The molecule has 6 nitrogen and oxygen atoms in total. The van der Waals surface area contributed by atoms with Crippen molar-refractivity contribution in [2.45, 2.75) is 19.8 Å². The number of aromatic carboxylic acids is 1. The zero-order valence-electron chi connectivity index (χ0n) is 11.2. The van der Waals surface area contributed by atoms with Crippen LogP contribution in [0.3, 0.4) is 0 Å². The molecule has 1 aliphatic heterocycles. The van der Waals surface area contributed by atoms with Gasteiger partial charge in [0.2, 0.25) is 11.8 Å². The molecular formula is C14H16N2O4. The van der Waals surface area contributed by atoms with Crippen molar-refractivity contribution >= 4 is 23.5 Å². The second kappa shape index (κ2) is 5.73. The number of aryl methyl sites for hydroxylation is 1. The van der Waals surface area contributed by atoms with Crippen LogP contribution in [-0.4, -0.2) is 36.0 Å². The van der Waals surface area contributed by atoms with Crippen molar-refractivity contribution in [3.63, 3.8) is 0 Å². The van der Waals surface area contributed by atoms with E-state index in [1.807, 2.05) is 6.92 Å². The van der Waals surface area contributed by atoms with Gasteiger partial charge < -0.3 is 15.3 Å². The van der Waals surface area contributed by atoms with Crippen molar-refractivity contribution in [1.29, 1.82) is 0 Å². The van der Waals surface area contributed by atoms with E-state index in [0.717, 1.165) is 5.56 Å². The maximum absolute atomic E-state index is 11.9. The predicted molar refractivity (Wildman–Crippen MR) is 72.8 cm³/mol. The van der Waals surface area contributed by atoms with Gasteiger partial charge in [0.15, 0.2) is 0 Å². The lowest BCUT2D eigenvalue weighted by molar-refractivity contribution is -0.124. The van der Waals surface area contributed by atoms with Gasteiger partial charge in [-0.25, -0.2) is 4.79 Å². The first kappa shape index (κ1) is 14.0. The lowest BCUT2D eigenvalue weighted by Gasteiger charge is -2.29. The van der Waals surface area contributed by atoms with Crippen molar-refractivity contribution in [2.75, 3.05) is 18.0 Å². The van der Waals surface area contributed by atoms with Crippen molar-refractivity contribution in [2.24, 2.45) is 0 Å². The Bertz CT molecular complexity index is 568. The minimum atomic E-state index is -1.00. The number of carbonyl (C=O) groups excluding carboxylic acids is 2. The number of hydrogen-bond donors (Lipinski definition) is 2. The lowest BCUT2D eigenvalue weighted by atomic mass is 9.98. The number of anilines is 1. The van der Waals surface area contributed by atoms with E-state index in [-0.39, 0.29) is 30.3 Å². The number of hydrogen-bond acceptors (Lipinski definition) is 3. The lowest BCUT2D eigenvalue weighted by Crippen LogP contribution is -2.43. The summed E-state index contributed by atoms with van der Waals surface area (Å²) in [5.74, 6) is -1.34. The van der Waals surface area contributed by atoms with Crippen LogP contribution >= 0.6 is 0 Å². The molecule has 106 valence electrons. The molecule has 0 atom stereocenters. The molecular weight excluding hydrogens is 260 g/mol. The molecule has 1 aromatic carbocycles. The first-order chi connectivity index (χ1) is 9.52. The van der Waals surface area contributed by atoms with Crippen LogP contribution in [0.25, 0.3) is 0 Å².